The second kappa shape index (κ2) is 9.51. The minimum Gasteiger partial charge on any atom is -0.497 e. The van der Waals surface area contributed by atoms with E-state index in [1.165, 1.54) is 23.9 Å². The summed E-state index contributed by atoms with van der Waals surface area (Å²) in [6.45, 7) is 4.11. The molecular formula is C27H26N4O5S. The summed E-state index contributed by atoms with van der Waals surface area (Å²) in [5.74, 6) is 0.977. The average Bonchev–Trinajstić information content (AvgIpc) is 2.85. The molecule has 2 aliphatic rings. The number of nitrogens with zero attached hydrogens (tertiary/aromatic N) is 2. The highest BCUT2D eigenvalue weighted by molar-refractivity contribution is 7.98. The van der Waals surface area contributed by atoms with Crippen LogP contribution in [-0.2, 0) is 10.5 Å². The number of rotatable bonds is 6. The number of fused-ring (bicyclic) bond motifs is 1. The highest BCUT2D eigenvalue weighted by atomic mass is 32.2. The third-order valence-corrected chi connectivity index (χ3v) is 7.59. The van der Waals surface area contributed by atoms with Gasteiger partial charge in [-0.15, -0.1) is 0 Å². The summed E-state index contributed by atoms with van der Waals surface area (Å²) in [6.07, 6.45) is 1.06. The van der Waals surface area contributed by atoms with E-state index in [2.05, 4.69) is 24.1 Å². The molecule has 9 nitrogen and oxygen atoms in total. The molecular weight excluding hydrogens is 492 g/mol. The number of ether oxygens (including phenoxy) is 1. The third kappa shape index (κ3) is 4.89. The van der Waals surface area contributed by atoms with Crippen LogP contribution < -0.4 is 15.6 Å². The van der Waals surface area contributed by atoms with E-state index in [9.17, 15) is 19.7 Å². The number of carbonyl (C=O) groups excluding carboxylic acids is 1. The summed E-state index contributed by atoms with van der Waals surface area (Å²) in [4.78, 5) is 45.1. The predicted octanol–water partition coefficient (Wildman–Crippen LogP) is 5.18. The zero-order valence-corrected chi connectivity index (χ0v) is 21.5. The molecule has 37 heavy (non-hydrogen) atoms. The van der Waals surface area contributed by atoms with Crippen LogP contribution in [0.15, 0.2) is 69.8 Å². The Morgan fingerprint density at radius 1 is 1.16 bits per heavy atom. The van der Waals surface area contributed by atoms with Gasteiger partial charge in [-0.1, -0.05) is 49.9 Å². The molecule has 190 valence electrons. The molecule has 1 unspecified atom stereocenters. The number of H-pyrrole nitrogens is 1. The maximum atomic E-state index is 13.5. The Morgan fingerprint density at radius 3 is 2.62 bits per heavy atom. The number of carbonyl (C=O) groups is 1. The highest BCUT2D eigenvalue weighted by Crippen LogP contribution is 2.47. The quantitative estimate of drug-likeness (QED) is 0.198. The van der Waals surface area contributed by atoms with E-state index in [4.69, 9.17) is 9.72 Å². The van der Waals surface area contributed by atoms with Crippen molar-refractivity contribution in [2.45, 2.75) is 43.5 Å². The molecule has 5 rings (SSSR count). The lowest BCUT2D eigenvalue weighted by Gasteiger charge is -2.38. The van der Waals surface area contributed by atoms with Crippen LogP contribution >= 0.6 is 11.8 Å². The molecule has 0 bridgehead atoms. The molecule has 0 amide bonds. The number of thioether (sulfide) groups is 1. The number of methoxy groups -OCH3 is 1. The van der Waals surface area contributed by atoms with Crippen molar-refractivity contribution in [3.63, 3.8) is 0 Å². The smallest absolute Gasteiger partial charge is 0.269 e. The van der Waals surface area contributed by atoms with Crippen molar-refractivity contribution in [1.29, 1.82) is 0 Å². The van der Waals surface area contributed by atoms with Gasteiger partial charge in [-0.25, -0.2) is 4.98 Å². The molecule has 1 aliphatic heterocycles. The summed E-state index contributed by atoms with van der Waals surface area (Å²) < 4.78 is 5.29. The first kappa shape index (κ1) is 24.8. The van der Waals surface area contributed by atoms with Crippen LogP contribution in [-0.4, -0.2) is 27.8 Å². The van der Waals surface area contributed by atoms with Crippen molar-refractivity contribution in [3.8, 4) is 5.75 Å². The highest BCUT2D eigenvalue weighted by Gasteiger charge is 2.42. The predicted molar refractivity (Wildman–Crippen MR) is 141 cm³/mol. The fourth-order valence-electron chi connectivity index (χ4n) is 5.00. The maximum Gasteiger partial charge on any atom is 0.269 e. The Labute approximate surface area is 217 Å². The monoisotopic (exact) mass is 518 g/mol. The van der Waals surface area contributed by atoms with Crippen LogP contribution in [0.5, 0.6) is 5.75 Å². The minimum absolute atomic E-state index is 0.0121. The van der Waals surface area contributed by atoms with Crippen molar-refractivity contribution in [2.75, 3.05) is 12.4 Å². The van der Waals surface area contributed by atoms with E-state index in [1.807, 2.05) is 24.3 Å². The number of ketones is 1. The van der Waals surface area contributed by atoms with Gasteiger partial charge in [0.25, 0.3) is 11.2 Å². The number of benzene rings is 2. The number of anilines is 1. The minimum atomic E-state index is -0.548. The van der Waals surface area contributed by atoms with Gasteiger partial charge in [0.2, 0.25) is 0 Å². The van der Waals surface area contributed by atoms with Gasteiger partial charge >= 0.3 is 0 Å². The topological polar surface area (TPSA) is 127 Å². The lowest BCUT2D eigenvalue weighted by molar-refractivity contribution is -0.384. The maximum absolute atomic E-state index is 13.5. The Hall–Kier alpha value is -3.92. The van der Waals surface area contributed by atoms with Crippen molar-refractivity contribution in [1.82, 2.24) is 9.97 Å². The van der Waals surface area contributed by atoms with Gasteiger partial charge in [0.15, 0.2) is 10.9 Å². The summed E-state index contributed by atoms with van der Waals surface area (Å²) in [5, 5.41) is 14.8. The van der Waals surface area contributed by atoms with Crippen molar-refractivity contribution >= 4 is 29.1 Å². The first-order valence-corrected chi connectivity index (χ1v) is 12.8. The van der Waals surface area contributed by atoms with Crippen molar-refractivity contribution in [3.05, 3.63) is 97.0 Å². The molecule has 10 heteroatoms. The van der Waals surface area contributed by atoms with Crippen LogP contribution in [0, 0.1) is 15.5 Å². The number of aromatic amines is 1. The number of allylic oxidation sites excluding steroid dienone is 2. The van der Waals surface area contributed by atoms with E-state index in [1.54, 1.807) is 19.2 Å². The normalized spacial score (nSPS) is 18.0. The van der Waals surface area contributed by atoms with Gasteiger partial charge in [-0.3, -0.25) is 19.7 Å². The van der Waals surface area contributed by atoms with Crippen LogP contribution in [0.1, 0.15) is 49.3 Å². The van der Waals surface area contributed by atoms with Crippen LogP contribution in [0.25, 0.3) is 0 Å². The Balaban J connectivity index is 1.54. The molecule has 1 aliphatic carbocycles. The van der Waals surface area contributed by atoms with Gasteiger partial charge < -0.3 is 15.0 Å². The summed E-state index contributed by atoms with van der Waals surface area (Å²) in [7, 11) is 1.59. The molecule has 0 saturated carbocycles. The van der Waals surface area contributed by atoms with Crippen LogP contribution in [0.4, 0.5) is 11.5 Å². The zero-order valence-electron chi connectivity index (χ0n) is 20.7. The summed E-state index contributed by atoms with van der Waals surface area (Å²) in [5.41, 5.74) is 2.83. The summed E-state index contributed by atoms with van der Waals surface area (Å²) >= 11 is 1.28. The standard InChI is InChI=1S/C27H26N4O5S/c1-27(2)12-19-22(20(32)13-27)21(16-7-9-18(36-3)10-8-16)23-24(28-19)29-26(30-25(23)33)37-14-15-5-4-6-17(11-15)31(34)35/h4-11,21H,12-14H2,1-3H3,(H2,28,29,30,33). The van der Waals surface area contributed by atoms with Gasteiger partial charge in [-0.05, 0) is 35.1 Å². The fourth-order valence-corrected chi connectivity index (χ4v) is 5.81. The Kier molecular flexibility index (Phi) is 6.36. The van der Waals surface area contributed by atoms with E-state index in [-0.39, 0.29) is 22.4 Å². The molecule has 2 heterocycles. The molecule has 2 aromatic carbocycles. The lowest BCUT2D eigenvalue weighted by Crippen LogP contribution is -2.37. The number of nitro groups is 1. The number of nitro benzene ring substituents is 1. The second-order valence-electron chi connectivity index (χ2n) is 10.0. The van der Waals surface area contributed by atoms with Crippen LogP contribution in [0.2, 0.25) is 0 Å². The largest absolute Gasteiger partial charge is 0.497 e. The van der Waals surface area contributed by atoms with Gasteiger partial charge in [-0.2, -0.15) is 0 Å². The number of aromatic nitrogens is 2. The number of hydrogen-bond donors (Lipinski definition) is 2. The number of non-ortho nitro benzene ring substituents is 1. The molecule has 2 N–H and O–H groups in total. The average molecular weight is 519 g/mol. The Bertz CT molecular complexity index is 1490. The number of hydrogen-bond acceptors (Lipinski definition) is 8. The van der Waals surface area contributed by atoms with E-state index in [0.29, 0.717) is 46.5 Å². The van der Waals surface area contributed by atoms with Crippen molar-refractivity contribution < 1.29 is 14.5 Å². The molecule has 0 spiro atoms. The molecule has 3 aromatic rings. The van der Waals surface area contributed by atoms with E-state index >= 15 is 0 Å². The van der Waals surface area contributed by atoms with E-state index in [0.717, 1.165) is 16.8 Å². The zero-order chi connectivity index (χ0) is 26.3. The second-order valence-corrected chi connectivity index (χ2v) is 11.0. The Morgan fingerprint density at radius 2 is 1.92 bits per heavy atom. The molecule has 0 fully saturated rings. The lowest BCUT2D eigenvalue weighted by atomic mass is 9.69. The number of Topliss-reactive ketones (excluding diaryl/α,β-unsaturated/α-hetero) is 1. The van der Waals surface area contributed by atoms with Gasteiger partial charge in [0, 0.05) is 41.5 Å². The SMILES string of the molecule is COc1ccc(C2C3=C(CC(C)(C)CC3=O)Nc3nc(SCc4cccc([N+](=O)[O-])c4)[nH]c(=O)c32)cc1. The first-order valence-electron chi connectivity index (χ1n) is 11.8. The number of nitrogens with one attached hydrogen (secondary N) is 2. The van der Waals surface area contributed by atoms with Crippen LogP contribution in [0.3, 0.4) is 0 Å². The molecule has 0 saturated heterocycles. The molecule has 0 radical (unpaired) electrons. The van der Waals surface area contributed by atoms with Gasteiger partial charge in [0.05, 0.1) is 17.6 Å². The third-order valence-electron chi connectivity index (χ3n) is 6.65. The summed E-state index contributed by atoms with van der Waals surface area (Å²) in [6, 6.07) is 13.8. The first-order chi connectivity index (χ1) is 17.6. The van der Waals surface area contributed by atoms with Gasteiger partial charge in [0.1, 0.15) is 11.6 Å². The fraction of sp³-hybridized carbons (Fsp3) is 0.296. The molecule has 1 atom stereocenters. The van der Waals surface area contributed by atoms with E-state index < -0.39 is 10.8 Å². The van der Waals surface area contributed by atoms with Crippen molar-refractivity contribution in [2.24, 2.45) is 5.41 Å². The molecule has 1 aromatic heterocycles.